The monoisotopic (exact) mass is 180 g/mol. The van der Waals surface area contributed by atoms with Crippen molar-refractivity contribution in [1.29, 1.82) is 0 Å². The van der Waals surface area contributed by atoms with Crippen LogP contribution < -0.4 is 0 Å². The Bertz CT molecular complexity index is 397. The summed E-state index contributed by atoms with van der Waals surface area (Å²) in [5, 5.41) is 0. The second kappa shape index (κ2) is 5.61. The van der Waals surface area contributed by atoms with Crippen molar-refractivity contribution < 1.29 is 0 Å². The maximum Gasteiger partial charge on any atom is 0.0249 e. The molecule has 0 aliphatic heterocycles. The van der Waals surface area contributed by atoms with Gasteiger partial charge in [0.2, 0.25) is 0 Å². The summed E-state index contributed by atoms with van der Waals surface area (Å²) in [6.45, 7) is 7.37. The summed E-state index contributed by atoms with van der Waals surface area (Å²) in [7, 11) is 0. The molecule has 0 atom stereocenters. The molecule has 0 unspecified atom stereocenters. The highest BCUT2D eigenvalue weighted by Crippen LogP contribution is 1.97. The van der Waals surface area contributed by atoms with Gasteiger partial charge < -0.3 is 0 Å². The third-order valence-electron chi connectivity index (χ3n) is 1.57. The van der Waals surface area contributed by atoms with Gasteiger partial charge in [0.1, 0.15) is 0 Å². The molecule has 0 saturated carbocycles. The van der Waals surface area contributed by atoms with Gasteiger partial charge in [0.05, 0.1) is 0 Å². The normalized spacial score (nSPS) is 9.14. The van der Waals surface area contributed by atoms with E-state index in [1.807, 2.05) is 42.5 Å². The first-order valence-corrected chi connectivity index (χ1v) is 4.38. The molecule has 0 N–H and O–H groups in total. The molecule has 0 fully saturated rings. The maximum atomic E-state index is 3.80. The molecular formula is C14H12. The van der Waals surface area contributed by atoms with Crippen LogP contribution in [0.3, 0.4) is 0 Å². The van der Waals surface area contributed by atoms with E-state index < -0.39 is 0 Å². The van der Waals surface area contributed by atoms with E-state index in [9.17, 15) is 0 Å². The molecule has 0 spiro atoms. The summed E-state index contributed by atoms with van der Waals surface area (Å²) >= 11 is 0. The third kappa shape index (κ3) is 3.60. The van der Waals surface area contributed by atoms with E-state index in [0.29, 0.717) is 0 Å². The molecule has 14 heavy (non-hydrogen) atoms. The Morgan fingerprint density at radius 3 is 2.57 bits per heavy atom. The van der Waals surface area contributed by atoms with Crippen molar-refractivity contribution in [3.05, 3.63) is 72.9 Å². The second-order valence-electron chi connectivity index (χ2n) is 2.74. The molecule has 0 aromatic heterocycles. The van der Waals surface area contributed by atoms with Crippen molar-refractivity contribution >= 4 is 0 Å². The Labute approximate surface area is 85.3 Å². The maximum absolute atomic E-state index is 3.80. The summed E-state index contributed by atoms with van der Waals surface area (Å²) < 4.78 is 0. The SMILES string of the molecule is C=C/C=C\C(=C)C#Cc1ccccc1. The lowest BCUT2D eigenvalue weighted by atomic mass is 10.2. The van der Waals surface area contributed by atoms with Crippen LogP contribution >= 0.6 is 0 Å². The van der Waals surface area contributed by atoms with E-state index in [1.54, 1.807) is 6.08 Å². The summed E-state index contributed by atoms with van der Waals surface area (Å²) in [5.74, 6) is 5.97. The van der Waals surface area contributed by atoms with Crippen molar-refractivity contribution in [2.24, 2.45) is 0 Å². The van der Waals surface area contributed by atoms with E-state index >= 15 is 0 Å². The molecule has 0 heteroatoms. The smallest absolute Gasteiger partial charge is 0.0249 e. The molecule has 1 aromatic carbocycles. The van der Waals surface area contributed by atoms with Gasteiger partial charge >= 0.3 is 0 Å². The van der Waals surface area contributed by atoms with E-state index in [4.69, 9.17) is 0 Å². The van der Waals surface area contributed by atoms with Crippen molar-refractivity contribution in [2.45, 2.75) is 0 Å². The highest BCUT2D eigenvalue weighted by Gasteiger charge is 1.81. The average molecular weight is 180 g/mol. The number of allylic oxidation sites excluding steroid dienone is 4. The van der Waals surface area contributed by atoms with Crippen LogP contribution in [0.5, 0.6) is 0 Å². The molecule has 0 aliphatic rings. The van der Waals surface area contributed by atoms with Crippen molar-refractivity contribution in [2.75, 3.05) is 0 Å². The molecule has 0 aliphatic carbocycles. The van der Waals surface area contributed by atoms with Crippen LogP contribution in [0, 0.1) is 11.8 Å². The number of benzene rings is 1. The predicted molar refractivity (Wildman–Crippen MR) is 61.8 cm³/mol. The van der Waals surface area contributed by atoms with Crippen LogP contribution in [0.15, 0.2) is 67.3 Å². The highest BCUT2D eigenvalue weighted by molar-refractivity contribution is 5.43. The quantitative estimate of drug-likeness (QED) is 0.483. The van der Waals surface area contributed by atoms with Crippen molar-refractivity contribution in [3.8, 4) is 11.8 Å². The first-order valence-electron chi connectivity index (χ1n) is 4.38. The molecule has 0 amide bonds. The van der Waals surface area contributed by atoms with Gasteiger partial charge in [-0.25, -0.2) is 0 Å². The van der Waals surface area contributed by atoms with Crippen LogP contribution in [0.25, 0.3) is 0 Å². The fraction of sp³-hybridized carbons (Fsp3) is 0. The van der Waals surface area contributed by atoms with Crippen LogP contribution in [0.2, 0.25) is 0 Å². The molecule has 0 radical (unpaired) electrons. The van der Waals surface area contributed by atoms with Gasteiger partial charge in [-0.15, -0.1) is 0 Å². The molecule has 1 rings (SSSR count). The van der Waals surface area contributed by atoms with Gasteiger partial charge in [-0.1, -0.05) is 55.3 Å². The van der Waals surface area contributed by atoms with Crippen LogP contribution in [0.1, 0.15) is 5.56 Å². The summed E-state index contributed by atoms with van der Waals surface area (Å²) in [4.78, 5) is 0. The topological polar surface area (TPSA) is 0 Å². The lowest BCUT2D eigenvalue weighted by molar-refractivity contribution is 1.65. The predicted octanol–water partition coefficient (Wildman–Crippen LogP) is 3.34. The fourth-order valence-corrected chi connectivity index (χ4v) is 0.900. The minimum atomic E-state index is 0.786. The molecule has 0 saturated heterocycles. The minimum Gasteiger partial charge on any atom is -0.0991 e. The summed E-state index contributed by atoms with van der Waals surface area (Å²) in [5.41, 5.74) is 1.79. The molecule has 68 valence electrons. The molecule has 1 aromatic rings. The molecule has 0 nitrogen and oxygen atoms in total. The Kier molecular flexibility index (Phi) is 4.04. The number of hydrogen-bond donors (Lipinski definition) is 0. The average Bonchev–Trinajstić information content (AvgIpc) is 2.25. The Balaban J connectivity index is 2.69. The summed E-state index contributed by atoms with van der Waals surface area (Å²) in [6, 6.07) is 9.84. The lowest BCUT2D eigenvalue weighted by Gasteiger charge is -1.86. The third-order valence-corrected chi connectivity index (χ3v) is 1.57. The second-order valence-corrected chi connectivity index (χ2v) is 2.74. The van der Waals surface area contributed by atoms with Gasteiger partial charge in [-0.05, 0) is 18.2 Å². The van der Waals surface area contributed by atoms with E-state index in [1.165, 1.54) is 0 Å². The van der Waals surface area contributed by atoms with E-state index in [2.05, 4.69) is 25.0 Å². The van der Waals surface area contributed by atoms with Gasteiger partial charge in [-0.2, -0.15) is 0 Å². The van der Waals surface area contributed by atoms with E-state index in [0.717, 1.165) is 11.1 Å². The zero-order chi connectivity index (χ0) is 10.2. The van der Waals surface area contributed by atoms with Crippen LogP contribution in [0.4, 0.5) is 0 Å². The zero-order valence-corrected chi connectivity index (χ0v) is 8.03. The Hall–Kier alpha value is -2.00. The first-order chi connectivity index (χ1) is 6.83. The molecular weight excluding hydrogens is 168 g/mol. The summed E-state index contributed by atoms with van der Waals surface area (Å²) in [6.07, 6.45) is 5.36. The number of rotatable bonds is 2. The standard InChI is InChI=1S/C14H12/c1-3-4-8-13(2)11-12-14-9-6-5-7-10-14/h3-10H,1-2H2/b8-4-. The van der Waals surface area contributed by atoms with Crippen molar-refractivity contribution in [1.82, 2.24) is 0 Å². The number of hydrogen-bond acceptors (Lipinski definition) is 0. The molecule has 0 bridgehead atoms. The van der Waals surface area contributed by atoms with Gasteiger partial charge in [-0.3, -0.25) is 0 Å². The van der Waals surface area contributed by atoms with Gasteiger partial charge in [0, 0.05) is 11.1 Å². The minimum absolute atomic E-state index is 0.786. The van der Waals surface area contributed by atoms with Gasteiger partial charge in [0.15, 0.2) is 0 Å². The lowest BCUT2D eigenvalue weighted by Crippen LogP contribution is -1.72. The fourth-order valence-electron chi connectivity index (χ4n) is 0.900. The highest BCUT2D eigenvalue weighted by atomic mass is 13.9. The Morgan fingerprint density at radius 2 is 1.93 bits per heavy atom. The zero-order valence-electron chi connectivity index (χ0n) is 8.03. The van der Waals surface area contributed by atoms with Gasteiger partial charge in [0.25, 0.3) is 0 Å². The van der Waals surface area contributed by atoms with Crippen LogP contribution in [-0.4, -0.2) is 0 Å². The van der Waals surface area contributed by atoms with Crippen LogP contribution in [-0.2, 0) is 0 Å². The largest absolute Gasteiger partial charge is 0.0991 e. The first kappa shape index (κ1) is 10.1. The van der Waals surface area contributed by atoms with Crippen molar-refractivity contribution in [3.63, 3.8) is 0 Å². The van der Waals surface area contributed by atoms with E-state index in [-0.39, 0.29) is 0 Å². The Morgan fingerprint density at radius 1 is 1.21 bits per heavy atom. The molecule has 0 heterocycles.